The Morgan fingerprint density at radius 1 is 1.37 bits per heavy atom. The minimum Gasteiger partial charge on any atom is -0.507 e. The van der Waals surface area contributed by atoms with Gasteiger partial charge in [-0.05, 0) is 49.3 Å². The van der Waals surface area contributed by atoms with Gasteiger partial charge in [0.05, 0.1) is 10.6 Å². The molecule has 1 N–H and O–H groups in total. The van der Waals surface area contributed by atoms with E-state index in [-0.39, 0.29) is 17.2 Å². The van der Waals surface area contributed by atoms with Gasteiger partial charge >= 0.3 is 0 Å². The molecule has 1 amide bonds. The summed E-state index contributed by atoms with van der Waals surface area (Å²) in [6.45, 7) is 3.44. The smallest absolute Gasteiger partial charge is 0.259 e. The molecule has 1 saturated heterocycles. The Balaban J connectivity index is 1.85. The molecule has 2 fully saturated rings. The lowest BCUT2D eigenvalue weighted by atomic mass is 9.68. The molecule has 19 heavy (non-hydrogen) atoms. The SMILES string of the molecule is Cc1cc(O)c(C(=O)N2CCC3(CCC3)C2)c(Cl)c1. The van der Waals surface area contributed by atoms with E-state index in [2.05, 4.69) is 0 Å². The maximum absolute atomic E-state index is 12.5. The number of phenolic OH excluding ortho intramolecular Hbond substituents is 1. The third-order valence-electron chi connectivity index (χ3n) is 4.57. The molecule has 3 nitrogen and oxygen atoms in total. The fourth-order valence-corrected chi connectivity index (χ4v) is 3.64. The topological polar surface area (TPSA) is 40.5 Å². The van der Waals surface area contributed by atoms with E-state index >= 15 is 0 Å². The number of carbonyl (C=O) groups is 1. The van der Waals surface area contributed by atoms with Gasteiger partial charge in [-0.3, -0.25) is 4.79 Å². The average Bonchev–Trinajstić information content (AvgIpc) is 2.71. The number of halogens is 1. The Bertz CT molecular complexity index is 514. The zero-order chi connectivity index (χ0) is 13.6. The second-order valence-electron chi connectivity index (χ2n) is 5.97. The molecule has 4 heteroatoms. The summed E-state index contributed by atoms with van der Waals surface area (Å²) in [5.41, 5.74) is 1.47. The molecule has 1 aromatic rings. The maximum Gasteiger partial charge on any atom is 0.259 e. The Kier molecular flexibility index (Phi) is 2.97. The van der Waals surface area contributed by atoms with Gasteiger partial charge in [-0.25, -0.2) is 0 Å². The molecule has 2 aliphatic rings. The molecule has 102 valence electrons. The van der Waals surface area contributed by atoms with Crippen molar-refractivity contribution in [2.75, 3.05) is 13.1 Å². The molecule has 0 unspecified atom stereocenters. The van der Waals surface area contributed by atoms with Gasteiger partial charge in [-0.1, -0.05) is 18.0 Å². The molecule has 1 saturated carbocycles. The normalized spacial score (nSPS) is 20.6. The molecule has 0 aromatic heterocycles. The molecule has 1 aromatic carbocycles. The Hall–Kier alpha value is -1.22. The highest BCUT2D eigenvalue weighted by atomic mass is 35.5. The molecular weight excluding hydrogens is 262 g/mol. The summed E-state index contributed by atoms with van der Waals surface area (Å²) >= 11 is 6.12. The van der Waals surface area contributed by atoms with Crippen LogP contribution in [0.3, 0.4) is 0 Å². The lowest BCUT2D eigenvalue weighted by molar-refractivity contribution is 0.0729. The van der Waals surface area contributed by atoms with Crippen LogP contribution in [0.5, 0.6) is 5.75 Å². The largest absolute Gasteiger partial charge is 0.507 e. The number of likely N-dealkylation sites (tertiary alicyclic amines) is 1. The van der Waals surface area contributed by atoms with E-state index in [9.17, 15) is 9.90 Å². The van der Waals surface area contributed by atoms with Crippen molar-refractivity contribution in [1.82, 2.24) is 4.90 Å². The van der Waals surface area contributed by atoms with Gasteiger partial charge in [-0.15, -0.1) is 0 Å². The molecule has 1 aliphatic carbocycles. The second kappa shape index (κ2) is 4.41. The van der Waals surface area contributed by atoms with Crippen molar-refractivity contribution >= 4 is 17.5 Å². The fraction of sp³-hybridized carbons (Fsp3) is 0.533. The van der Waals surface area contributed by atoms with Gasteiger partial charge in [0.1, 0.15) is 5.75 Å². The predicted octanol–water partition coefficient (Wildman–Crippen LogP) is 3.37. The van der Waals surface area contributed by atoms with Crippen LogP contribution in [0.4, 0.5) is 0 Å². The number of nitrogens with zero attached hydrogens (tertiary/aromatic N) is 1. The molecule has 1 aliphatic heterocycles. The van der Waals surface area contributed by atoms with Crippen LogP contribution >= 0.6 is 11.6 Å². The zero-order valence-electron chi connectivity index (χ0n) is 11.1. The van der Waals surface area contributed by atoms with Crippen LogP contribution in [-0.4, -0.2) is 29.0 Å². The van der Waals surface area contributed by atoms with Gasteiger partial charge in [0, 0.05) is 13.1 Å². The number of hydrogen-bond acceptors (Lipinski definition) is 2. The molecular formula is C15H18ClNO2. The summed E-state index contributed by atoms with van der Waals surface area (Å²) in [5, 5.41) is 10.3. The van der Waals surface area contributed by atoms with E-state index in [1.165, 1.54) is 19.3 Å². The van der Waals surface area contributed by atoms with Crippen LogP contribution < -0.4 is 0 Å². The first kappa shape index (κ1) is 12.8. The molecule has 0 bridgehead atoms. The summed E-state index contributed by atoms with van der Waals surface area (Å²) in [6.07, 6.45) is 4.82. The highest BCUT2D eigenvalue weighted by Gasteiger charge is 2.44. The maximum atomic E-state index is 12.5. The summed E-state index contributed by atoms with van der Waals surface area (Å²) in [4.78, 5) is 14.4. The quantitative estimate of drug-likeness (QED) is 0.856. The van der Waals surface area contributed by atoms with Gasteiger partial charge in [0.15, 0.2) is 0 Å². The molecule has 1 spiro atoms. The van der Waals surface area contributed by atoms with E-state index in [0.717, 1.165) is 25.1 Å². The number of phenols is 1. The minimum absolute atomic E-state index is 0.00967. The Morgan fingerprint density at radius 3 is 2.63 bits per heavy atom. The van der Waals surface area contributed by atoms with Crippen LogP contribution in [0.1, 0.15) is 41.6 Å². The van der Waals surface area contributed by atoms with E-state index in [1.807, 2.05) is 11.8 Å². The second-order valence-corrected chi connectivity index (χ2v) is 6.38. The number of benzene rings is 1. The zero-order valence-corrected chi connectivity index (χ0v) is 11.8. The summed E-state index contributed by atoms with van der Waals surface area (Å²) in [7, 11) is 0. The van der Waals surface area contributed by atoms with Crippen molar-refractivity contribution in [1.29, 1.82) is 0 Å². The number of aromatic hydroxyl groups is 1. The van der Waals surface area contributed by atoms with Gasteiger partial charge in [0.25, 0.3) is 5.91 Å². The van der Waals surface area contributed by atoms with Crippen molar-refractivity contribution < 1.29 is 9.90 Å². The van der Waals surface area contributed by atoms with E-state index < -0.39 is 0 Å². The number of amides is 1. The Morgan fingerprint density at radius 2 is 2.11 bits per heavy atom. The van der Waals surface area contributed by atoms with Gasteiger partial charge in [-0.2, -0.15) is 0 Å². The first-order chi connectivity index (χ1) is 9.01. The van der Waals surface area contributed by atoms with Crippen LogP contribution in [0.25, 0.3) is 0 Å². The van der Waals surface area contributed by atoms with Crippen LogP contribution in [0.2, 0.25) is 5.02 Å². The molecule has 0 atom stereocenters. The standard InChI is InChI=1S/C15H18ClNO2/c1-10-7-11(16)13(12(18)8-10)14(19)17-6-5-15(9-17)3-2-4-15/h7-8,18H,2-6,9H2,1H3. The van der Waals surface area contributed by atoms with Crippen LogP contribution in [0, 0.1) is 12.3 Å². The highest BCUT2D eigenvalue weighted by molar-refractivity contribution is 6.34. The van der Waals surface area contributed by atoms with Crippen molar-refractivity contribution in [2.24, 2.45) is 5.41 Å². The highest BCUT2D eigenvalue weighted by Crippen LogP contribution is 2.48. The number of hydrogen-bond donors (Lipinski definition) is 1. The van der Waals surface area contributed by atoms with Crippen molar-refractivity contribution in [2.45, 2.75) is 32.6 Å². The van der Waals surface area contributed by atoms with Crippen LogP contribution in [0.15, 0.2) is 12.1 Å². The molecule has 3 rings (SSSR count). The van der Waals surface area contributed by atoms with Crippen molar-refractivity contribution in [3.05, 3.63) is 28.3 Å². The summed E-state index contributed by atoms with van der Waals surface area (Å²) in [6, 6.07) is 3.32. The molecule has 0 radical (unpaired) electrons. The lowest BCUT2D eigenvalue weighted by Gasteiger charge is -2.38. The average molecular weight is 280 g/mol. The number of aryl methyl sites for hydroxylation is 1. The van der Waals surface area contributed by atoms with Gasteiger partial charge in [0.2, 0.25) is 0 Å². The van der Waals surface area contributed by atoms with E-state index in [4.69, 9.17) is 11.6 Å². The lowest BCUT2D eigenvalue weighted by Crippen LogP contribution is -2.35. The van der Waals surface area contributed by atoms with Crippen LogP contribution in [-0.2, 0) is 0 Å². The fourth-order valence-electron chi connectivity index (χ4n) is 3.29. The number of rotatable bonds is 1. The monoisotopic (exact) mass is 279 g/mol. The predicted molar refractivity (Wildman–Crippen MR) is 74.7 cm³/mol. The van der Waals surface area contributed by atoms with Gasteiger partial charge < -0.3 is 10.0 Å². The van der Waals surface area contributed by atoms with E-state index in [1.54, 1.807) is 12.1 Å². The first-order valence-corrected chi connectivity index (χ1v) is 7.17. The van der Waals surface area contributed by atoms with E-state index in [0.29, 0.717) is 10.4 Å². The minimum atomic E-state index is -0.133. The summed E-state index contributed by atoms with van der Waals surface area (Å²) in [5.74, 6) is -0.143. The third-order valence-corrected chi connectivity index (χ3v) is 4.87. The summed E-state index contributed by atoms with van der Waals surface area (Å²) < 4.78 is 0. The van der Waals surface area contributed by atoms with Crippen molar-refractivity contribution in [3.8, 4) is 5.75 Å². The first-order valence-electron chi connectivity index (χ1n) is 6.79. The molecule has 1 heterocycles. The Labute approximate surface area is 118 Å². The van der Waals surface area contributed by atoms with Crippen molar-refractivity contribution in [3.63, 3.8) is 0 Å². The third kappa shape index (κ3) is 2.10. The number of carbonyl (C=O) groups excluding carboxylic acids is 1.